The maximum atomic E-state index is 11.7. The largest absolute Gasteiger partial charge is 0.340 e. The highest BCUT2D eigenvalue weighted by molar-refractivity contribution is 5.78. The van der Waals surface area contributed by atoms with Gasteiger partial charge >= 0.3 is 0 Å². The van der Waals surface area contributed by atoms with Crippen LogP contribution in [0, 0.1) is 5.92 Å². The van der Waals surface area contributed by atoms with E-state index in [-0.39, 0.29) is 11.9 Å². The van der Waals surface area contributed by atoms with Crippen LogP contribution in [0.3, 0.4) is 0 Å². The van der Waals surface area contributed by atoms with Crippen molar-refractivity contribution in [1.29, 1.82) is 0 Å². The van der Waals surface area contributed by atoms with Gasteiger partial charge in [0, 0.05) is 19.1 Å². The molecule has 1 heterocycles. The molecule has 1 aliphatic rings. The number of amides is 1. The highest BCUT2D eigenvalue weighted by Gasteiger charge is 2.25. The molecule has 82 valence electrons. The van der Waals surface area contributed by atoms with E-state index >= 15 is 0 Å². The Hall–Kier alpha value is -0.610. The quantitative estimate of drug-likeness (QED) is 0.667. The van der Waals surface area contributed by atoms with Crippen LogP contribution in [0.1, 0.15) is 13.3 Å². The first kappa shape index (κ1) is 11.5. The van der Waals surface area contributed by atoms with Gasteiger partial charge in [0.2, 0.25) is 5.91 Å². The number of carbonyl (C=O) groups excluding carboxylic acids is 1. The minimum atomic E-state index is 0.148. The zero-order chi connectivity index (χ0) is 10.7. The third-order valence-electron chi connectivity index (χ3n) is 2.82. The fourth-order valence-corrected chi connectivity index (χ4v) is 1.70. The summed E-state index contributed by atoms with van der Waals surface area (Å²) < 4.78 is 0. The molecule has 1 aliphatic heterocycles. The summed E-state index contributed by atoms with van der Waals surface area (Å²) in [7, 11) is 3.81. The van der Waals surface area contributed by atoms with E-state index in [2.05, 4.69) is 6.92 Å². The average Bonchev–Trinajstić information content (AvgIpc) is 2.08. The van der Waals surface area contributed by atoms with Gasteiger partial charge in [-0.1, -0.05) is 6.92 Å². The molecular formula is C10H21N3O. The van der Waals surface area contributed by atoms with Crippen LogP contribution < -0.4 is 5.73 Å². The van der Waals surface area contributed by atoms with E-state index in [0.29, 0.717) is 19.0 Å². The van der Waals surface area contributed by atoms with Crippen molar-refractivity contribution in [2.45, 2.75) is 19.4 Å². The molecule has 0 spiro atoms. The Bertz CT molecular complexity index is 206. The van der Waals surface area contributed by atoms with Crippen molar-refractivity contribution >= 4 is 5.91 Å². The normalized spacial score (nSPS) is 28.2. The molecule has 0 saturated carbocycles. The zero-order valence-corrected chi connectivity index (χ0v) is 9.36. The smallest absolute Gasteiger partial charge is 0.236 e. The number of piperidine rings is 1. The van der Waals surface area contributed by atoms with E-state index in [9.17, 15) is 4.79 Å². The number of carbonyl (C=O) groups is 1. The minimum Gasteiger partial charge on any atom is -0.340 e. The van der Waals surface area contributed by atoms with Gasteiger partial charge in [0.05, 0.1) is 6.54 Å². The van der Waals surface area contributed by atoms with E-state index in [0.717, 1.165) is 13.0 Å². The first-order chi connectivity index (χ1) is 6.50. The van der Waals surface area contributed by atoms with Crippen LogP contribution >= 0.6 is 0 Å². The SMILES string of the molecule is CC1CCN(C(=O)CN(C)C)CC1N. The predicted molar refractivity (Wildman–Crippen MR) is 56.9 cm³/mol. The van der Waals surface area contributed by atoms with Crippen LogP contribution in [0.2, 0.25) is 0 Å². The molecule has 0 aromatic rings. The van der Waals surface area contributed by atoms with Gasteiger partial charge in [-0.25, -0.2) is 0 Å². The molecule has 2 N–H and O–H groups in total. The number of hydrogen-bond acceptors (Lipinski definition) is 3. The number of rotatable bonds is 2. The lowest BCUT2D eigenvalue weighted by Crippen LogP contribution is -2.51. The van der Waals surface area contributed by atoms with Gasteiger partial charge in [0.1, 0.15) is 0 Å². The number of nitrogens with two attached hydrogens (primary N) is 1. The zero-order valence-electron chi connectivity index (χ0n) is 9.36. The van der Waals surface area contributed by atoms with Crippen molar-refractivity contribution in [3.63, 3.8) is 0 Å². The molecule has 1 saturated heterocycles. The average molecular weight is 199 g/mol. The third-order valence-corrected chi connectivity index (χ3v) is 2.82. The van der Waals surface area contributed by atoms with Gasteiger partial charge in [-0.3, -0.25) is 4.79 Å². The molecule has 2 unspecified atom stereocenters. The molecule has 0 bridgehead atoms. The highest BCUT2D eigenvalue weighted by atomic mass is 16.2. The van der Waals surface area contributed by atoms with Crippen molar-refractivity contribution < 1.29 is 4.79 Å². The van der Waals surface area contributed by atoms with Crippen molar-refractivity contribution in [3.8, 4) is 0 Å². The molecule has 0 aliphatic carbocycles. The van der Waals surface area contributed by atoms with Crippen molar-refractivity contribution in [3.05, 3.63) is 0 Å². The van der Waals surface area contributed by atoms with E-state index in [1.165, 1.54) is 0 Å². The highest BCUT2D eigenvalue weighted by Crippen LogP contribution is 2.15. The molecule has 1 amide bonds. The maximum absolute atomic E-state index is 11.7. The van der Waals surface area contributed by atoms with Gasteiger partial charge in [0.25, 0.3) is 0 Å². The molecule has 1 fully saturated rings. The summed E-state index contributed by atoms with van der Waals surface area (Å²) in [5, 5.41) is 0. The summed E-state index contributed by atoms with van der Waals surface area (Å²) in [6.45, 7) is 4.22. The van der Waals surface area contributed by atoms with E-state index in [1.807, 2.05) is 23.9 Å². The lowest BCUT2D eigenvalue weighted by molar-refractivity contribution is -0.133. The molecule has 14 heavy (non-hydrogen) atoms. The second-order valence-electron chi connectivity index (χ2n) is 4.51. The monoisotopic (exact) mass is 199 g/mol. The number of likely N-dealkylation sites (tertiary alicyclic amines) is 1. The Morgan fingerprint density at radius 1 is 1.57 bits per heavy atom. The van der Waals surface area contributed by atoms with E-state index in [4.69, 9.17) is 5.73 Å². The standard InChI is InChI=1S/C10H21N3O/c1-8-4-5-13(6-9(8)11)10(14)7-12(2)3/h8-9H,4-7,11H2,1-3H3. The van der Waals surface area contributed by atoms with Crippen molar-refractivity contribution in [1.82, 2.24) is 9.80 Å². The fourth-order valence-electron chi connectivity index (χ4n) is 1.70. The minimum absolute atomic E-state index is 0.148. The van der Waals surface area contributed by atoms with Crippen molar-refractivity contribution in [2.75, 3.05) is 33.7 Å². The van der Waals surface area contributed by atoms with Crippen molar-refractivity contribution in [2.24, 2.45) is 11.7 Å². The predicted octanol–water partition coefficient (Wildman–Crippen LogP) is -0.256. The summed E-state index contributed by atoms with van der Waals surface area (Å²) in [4.78, 5) is 15.5. The molecule has 4 heteroatoms. The van der Waals surface area contributed by atoms with E-state index in [1.54, 1.807) is 0 Å². The van der Waals surface area contributed by atoms with Gasteiger partial charge < -0.3 is 15.5 Å². The molecule has 0 aromatic heterocycles. The Kier molecular flexibility index (Phi) is 3.89. The first-order valence-corrected chi connectivity index (χ1v) is 5.18. The molecule has 0 aromatic carbocycles. The third kappa shape index (κ3) is 2.96. The maximum Gasteiger partial charge on any atom is 0.236 e. The molecule has 1 rings (SSSR count). The Morgan fingerprint density at radius 2 is 2.21 bits per heavy atom. The fraction of sp³-hybridized carbons (Fsp3) is 0.900. The molecule has 4 nitrogen and oxygen atoms in total. The lowest BCUT2D eigenvalue weighted by Gasteiger charge is -2.35. The second-order valence-corrected chi connectivity index (χ2v) is 4.51. The first-order valence-electron chi connectivity index (χ1n) is 5.18. The molecule has 2 atom stereocenters. The summed E-state index contributed by atoms with van der Waals surface area (Å²) in [6, 6.07) is 0.148. The van der Waals surface area contributed by atoms with Gasteiger partial charge in [-0.05, 0) is 26.4 Å². The van der Waals surface area contributed by atoms with Crippen LogP contribution in [0.4, 0.5) is 0 Å². The Balaban J connectivity index is 2.42. The number of hydrogen-bond donors (Lipinski definition) is 1. The molecule has 0 radical (unpaired) electrons. The van der Waals surface area contributed by atoms with Crippen LogP contribution in [0.5, 0.6) is 0 Å². The summed E-state index contributed by atoms with van der Waals surface area (Å²) in [6.07, 6.45) is 1.03. The number of nitrogens with zero attached hydrogens (tertiary/aromatic N) is 2. The second kappa shape index (κ2) is 4.75. The van der Waals surface area contributed by atoms with Crippen LogP contribution in [-0.2, 0) is 4.79 Å². The Labute approximate surface area is 86.0 Å². The van der Waals surface area contributed by atoms with Crippen LogP contribution in [0.25, 0.3) is 0 Å². The van der Waals surface area contributed by atoms with Crippen LogP contribution in [0.15, 0.2) is 0 Å². The molecular weight excluding hydrogens is 178 g/mol. The topological polar surface area (TPSA) is 49.6 Å². The Morgan fingerprint density at radius 3 is 2.71 bits per heavy atom. The summed E-state index contributed by atoms with van der Waals surface area (Å²) in [5.41, 5.74) is 5.93. The summed E-state index contributed by atoms with van der Waals surface area (Å²) in [5.74, 6) is 0.732. The van der Waals surface area contributed by atoms with E-state index < -0.39 is 0 Å². The van der Waals surface area contributed by atoms with Gasteiger partial charge in [0.15, 0.2) is 0 Å². The number of likely N-dealkylation sites (N-methyl/N-ethyl adjacent to an activating group) is 1. The van der Waals surface area contributed by atoms with Crippen LogP contribution in [-0.4, -0.2) is 55.5 Å². The van der Waals surface area contributed by atoms with Gasteiger partial charge in [-0.15, -0.1) is 0 Å². The van der Waals surface area contributed by atoms with Gasteiger partial charge in [-0.2, -0.15) is 0 Å². The summed E-state index contributed by atoms with van der Waals surface area (Å²) >= 11 is 0. The lowest BCUT2D eigenvalue weighted by atomic mass is 9.94.